The van der Waals surface area contributed by atoms with Crippen molar-refractivity contribution in [1.82, 2.24) is 24.8 Å². The third kappa shape index (κ3) is 14.6. The summed E-state index contributed by atoms with van der Waals surface area (Å²) in [6, 6.07) is 8.85. The quantitative estimate of drug-likeness (QED) is 0.0166. The van der Waals surface area contributed by atoms with Crippen LogP contribution < -0.4 is 16.0 Å². The van der Waals surface area contributed by atoms with Crippen molar-refractivity contribution in [3.63, 3.8) is 0 Å². The maximum atomic E-state index is 12.7. The maximum absolute atomic E-state index is 12.7. The van der Waals surface area contributed by atoms with Gasteiger partial charge in [-0.1, -0.05) is 32.8 Å². The lowest BCUT2D eigenvalue weighted by atomic mass is 9.81. The van der Waals surface area contributed by atoms with Crippen LogP contribution in [0.4, 0.5) is 17.2 Å². The van der Waals surface area contributed by atoms with Gasteiger partial charge in [-0.3, -0.25) is 23.0 Å². The average molecular weight is 1220 g/mol. The number of amides is 1. The third-order valence-electron chi connectivity index (χ3n) is 13.9. The summed E-state index contributed by atoms with van der Waals surface area (Å²) in [5.41, 5.74) is 9.33. The van der Waals surface area contributed by atoms with E-state index in [-0.39, 0.29) is 45.5 Å². The van der Waals surface area contributed by atoms with Gasteiger partial charge < -0.3 is 50.1 Å². The first-order valence-corrected chi connectivity index (χ1v) is 32.6. The molecule has 0 spiro atoms. The summed E-state index contributed by atoms with van der Waals surface area (Å²) in [6.45, 7) is 9.75. The second-order valence-corrected chi connectivity index (χ2v) is 27.6. The summed E-state index contributed by atoms with van der Waals surface area (Å²) in [7, 11) is -25.9. The number of rotatable bonds is 27. The van der Waals surface area contributed by atoms with Crippen molar-refractivity contribution >= 4 is 83.7 Å². The number of unbranched alkanes of at least 4 members (excludes halogenated alkanes) is 5. The minimum absolute atomic E-state index is 0.0218. The van der Waals surface area contributed by atoms with Crippen molar-refractivity contribution in [3.05, 3.63) is 84.1 Å². The van der Waals surface area contributed by atoms with Crippen molar-refractivity contribution in [3.8, 4) is 0 Å². The molecule has 2 aromatic heterocycles. The second-order valence-electron chi connectivity index (χ2n) is 20.1. The fraction of sp³-hybridized carbons (Fsp3) is 0.511. The van der Waals surface area contributed by atoms with Crippen LogP contribution in [0, 0.1) is 0 Å². The number of aromatic nitrogens is 4. The van der Waals surface area contributed by atoms with Crippen LogP contribution in [0.25, 0.3) is 11.2 Å². The monoisotopic (exact) mass is 1220 g/mol. The molecule has 0 radical (unpaired) electrons. The minimum Gasteiger partial charge on any atom is -0.744 e. The van der Waals surface area contributed by atoms with E-state index in [2.05, 4.69) is 42.9 Å². The number of phosphoric ester groups is 2. The normalized spacial score (nSPS) is 22.6. The number of benzene rings is 2. The van der Waals surface area contributed by atoms with Crippen molar-refractivity contribution in [1.29, 1.82) is 0 Å². The topological polar surface area (TPSA) is 415 Å². The van der Waals surface area contributed by atoms with E-state index in [1.165, 1.54) is 35.2 Å². The molecule has 9 N–H and O–H groups in total. The molecular weight excluding hydrogens is 1150 g/mol. The number of aliphatic hydroxyl groups is 2. The number of hydrogen-bond acceptors (Lipinski definition) is 21. The van der Waals surface area contributed by atoms with Crippen LogP contribution in [0.5, 0.6) is 0 Å². The van der Waals surface area contributed by atoms with Gasteiger partial charge in [0.15, 0.2) is 23.4 Å². The first kappa shape index (κ1) is 62.9. The summed E-state index contributed by atoms with van der Waals surface area (Å²) in [6.07, 6.45) is 5.67. The summed E-state index contributed by atoms with van der Waals surface area (Å²) >= 11 is 0. The molecule has 1 amide bonds. The number of nitrogens with two attached hydrogens (primary N) is 1. The van der Waals surface area contributed by atoms with Crippen molar-refractivity contribution in [2.75, 3.05) is 43.5 Å². The van der Waals surface area contributed by atoms with Crippen LogP contribution in [0.1, 0.15) is 103 Å². The van der Waals surface area contributed by atoms with Gasteiger partial charge in [0, 0.05) is 60.4 Å². The standard InChI is InChI=1S/C47H65N8O20P3S2/c1-6-53-34-20-18-30(79(65,66)67)25-32(34)46(2,3)37(53)15-14-16-38-47(4,5)33-26-31(80(68,69)70)19-21-35(33)54(38)23-12-9-10-17-39(56)49-22-11-7-8-13-24-71-76(59,60)74-78(63,64)75-77(61,62)72-27-36-41(57)42(58)45(73-36)55-29-52-40-43(48)50-28-51-44(40)55/h14-16,18-21,25-26,28-29,36,41-42,45,57-58H,6-13,17,22-24,27H2,1-5H3,(H7-,48,49,50,51,56,59,60,61,62,63,64,65,66,67,68,69,70)/t36-,41-,42-,45-/m1/s1. The zero-order valence-corrected chi connectivity index (χ0v) is 48.5. The predicted octanol–water partition coefficient (Wildman–Crippen LogP) is 5.12. The molecule has 2 aromatic carbocycles. The van der Waals surface area contributed by atoms with Crippen LogP contribution in [-0.2, 0) is 72.0 Å². The number of imidazole rings is 1. The Labute approximate surface area is 461 Å². The molecule has 1 saturated heterocycles. The lowest BCUT2D eigenvalue weighted by Gasteiger charge is -2.25. The molecule has 440 valence electrons. The number of hydrogen-bond donors (Lipinski definition) is 8. The number of carbonyl (C=O) groups is 1. The first-order valence-electron chi connectivity index (χ1n) is 25.2. The molecule has 28 nitrogen and oxygen atoms in total. The van der Waals surface area contributed by atoms with E-state index in [0.717, 1.165) is 34.7 Å². The second kappa shape index (κ2) is 24.6. The van der Waals surface area contributed by atoms with Gasteiger partial charge in [-0.2, -0.15) is 21.6 Å². The van der Waals surface area contributed by atoms with Crippen LogP contribution in [-0.4, -0.2) is 138 Å². The van der Waals surface area contributed by atoms with Crippen LogP contribution >= 0.6 is 23.5 Å². The third-order valence-corrected chi connectivity index (χ3v) is 19.9. The van der Waals surface area contributed by atoms with Gasteiger partial charge in [-0.05, 0) is 88.4 Å². The number of ether oxygens (including phenoxy) is 1. The van der Waals surface area contributed by atoms with E-state index in [0.29, 0.717) is 63.7 Å². The molecule has 0 bridgehead atoms. The number of nitrogen functional groups attached to an aromatic ring is 1. The van der Waals surface area contributed by atoms with Gasteiger partial charge in [0.1, 0.15) is 46.8 Å². The highest BCUT2D eigenvalue weighted by molar-refractivity contribution is 7.86. The molecule has 33 heteroatoms. The number of likely N-dealkylation sites (N-methyl/N-ethyl adjacent to an activating group) is 1. The first-order chi connectivity index (χ1) is 37.3. The SMILES string of the molecule is CCN1/C(=C/C=C/C2=[N+](CCCCCC(=O)NCCCCCCOP(=O)(O)OP(=O)(O)OP(=O)(O)OC[C@H]3O[C@@H](n4cnc5c(N)ncnc54)[C@H](O)[C@@H]3O)c3ccc(S(=O)(=O)[O-])cc3C2(C)C)C(C)(C)c2cc(S(=O)(=O)O)ccc21. The van der Waals surface area contributed by atoms with E-state index < -0.39 is 92.3 Å². The summed E-state index contributed by atoms with van der Waals surface area (Å²) in [4.78, 5) is 56.2. The highest BCUT2D eigenvalue weighted by Crippen LogP contribution is 2.68. The number of nitrogens with zero attached hydrogens (tertiary/aromatic N) is 6. The Hall–Kier alpha value is -4.68. The number of carbonyl (C=O) groups excluding carboxylic acids is 1. The number of fused-ring (bicyclic) bond motifs is 3. The molecular formula is C47H65N8O20P3S2. The number of phosphoric acid groups is 3. The number of nitrogens with one attached hydrogen (secondary N) is 1. The maximum Gasteiger partial charge on any atom is 0.490 e. The fourth-order valence-corrected chi connectivity index (χ4v) is 14.4. The Morgan fingerprint density at radius 2 is 1.52 bits per heavy atom. The van der Waals surface area contributed by atoms with Gasteiger partial charge in [0.25, 0.3) is 10.1 Å². The van der Waals surface area contributed by atoms with Crippen LogP contribution in [0.2, 0.25) is 0 Å². The lowest BCUT2D eigenvalue weighted by molar-refractivity contribution is -0.438. The Kier molecular flexibility index (Phi) is 19.4. The van der Waals surface area contributed by atoms with Crippen molar-refractivity contribution in [2.24, 2.45) is 0 Å². The molecule has 4 aromatic rings. The zero-order valence-electron chi connectivity index (χ0n) is 44.2. The molecule has 1 fully saturated rings. The van der Waals surface area contributed by atoms with Gasteiger partial charge in [0.05, 0.1) is 34.7 Å². The molecule has 3 unspecified atom stereocenters. The number of allylic oxidation sites excluding steroid dienone is 4. The fourth-order valence-electron chi connectivity index (χ4n) is 9.89. The highest BCUT2D eigenvalue weighted by atomic mass is 32.2. The Morgan fingerprint density at radius 3 is 2.21 bits per heavy atom. The van der Waals surface area contributed by atoms with Gasteiger partial charge in [-0.25, -0.2) is 37.1 Å². The van der Waals surface area contributed by atoms with Crippen LogP contribution in [0.3, 0.4) is 0 Å². The Bertz CT molecular complexity index is 3470. The number of anilines is 2. The molecule has 3 aliphatic rings. The molecule has 0 saturated carbocycles. The molecule has 0 aliphatic carbocycles. The van der Waals surface area contributed by atoms with E-state index in [1.54, 1.807) is 12.1 Å². The minimum atomic E-state index is -5.81. The average Bonchev–Trinajstić information content (AvgIpc) is 4.24. The van der Waals surface area contributed by atoms with E-state index in [1.807, 2.05) is 52.8 Å². The van der Waals surface area contributed by atoms with Crippen molar-refractivity contribution in [2.45, 2.75) is 131 Å². The van der Waals surface area contributed by atoms with Gasteiger partial charge >= 0.3 is 23.5 Å². The van der Waals surface area contributed by atoms with Crippen molar-refractivity contribution < 1.29 is 96.3 Å². The molecule has 3 aliphatic heterocycles. The number of aliphatic hydroxyl groups excluding tert-OH is 2. The largest absolute Gasteiger partial charge is 0.744 e. The van der Waals surface area contributed by atoms with E-state index >= 15 is 0 Å². The zero-order chi connectivity index (χ0) is 58.8. The summed E-state index contributed by atoms with van der Waals surface area (Å²) in [5, 5.41) is 23.9. The van der Waals surface area contributed by atoms with Gasteiger partial charge in [-0.15, -0.1) is 0 Å². The van der Waals surface area contributed by atoms with Gasteiger partial charge in [0.2, 0.25) is 11.6 Å². The Balaban J connectivity index is 0.822. The van der Waals surface area contributed by atoms with E-state index in [9.17, 15) is 69.3 Å². The lowest BCUT2D eigenvalue weighted by Crippen LogP contribution is -2.33. The molecule has 7 rings (SSSR count). The Morgan fingerprint density at radius 1 is 0.863 bits per heavy atom. The highest BCUT2D eigenvalue weighted by Gasteiger charge is 2.48. The molecule has 7 atom stereocenters. The van der Waals surface area contributed by atoms with Crippen LogP contribution in [0.15, 0.2) is 82.8 Å². The smallest absolute Gasteiger partial charge is 0.490 e. The summed E-state index contributed by atoms with van der Waals surface area (Å²) in [5.74, 6) is -0.151. The molecule has 80 heavy (non-hydrogen) atoms. The summed E-state index contributed by atoms with van der Waals surface area (Å²) < 4.78 is 134. The predicted molar refractivity (Wildman–Crippen MR) is 286 cm³/mol. The molecule has 5 heterocycles. The van der Waals surface area contributed by atoms with E-state index in [4.69, 9.17) is 15.0 Å².